The van der Waals surface area contributed by atoms with E-state index >= 15 is 0 Å². The molecule has 1 unspecified atom stereocenters. The normalized spacial score (nSPS) is 12.2. The third-order valence-electron chi connectivity index (χ3n) is 2.58. The minimum Gasteiger partial charge on any atom is -0.473 e. The summed E-state index contributed by atoms with van der Waals surface area (Å²) in [6.45, 7) is 4.39. The second-order valence-corrected chi connectivity index (χ2v) is 4.75. The maximum absolute atomic E-state index is 12.0. The van der Waals surface area contributed by atoms with Gasteiger partial charge in [0.2, 0.25) is 11.8 Å². The Balaban J connectivity index is 2.60. The highest BCUT2D eigenvalue weighted by molar-refractivity contribution is 5.95. The summed E-state index contributed by atoms with van der Waals surface area (Å²) < 4.78 is 10.5. The van der Waals surface area contributed by atoms with Crippen molar-refractivity contribution in [1.82, 2.24) is 4.98 Å². The summed E-state index contributed by atoms with van der Waals surface area (Å²) in [5.41, 5.74) is 6.36. The molecule has 1 atom stereocenters. The first-order valence-electron chi connectivity index (χ1n) is 6.71. The Hall–Kier alpha value is -1.66. The lowest BCUT2D eigenvalue weighted by molar-refractivity contribution is -0.117. The van der Waals surface area contributed by atoms with Gasteiger partial charge in [0.15, 0.2) is 0 Å². The highest BCUT2D eigenvalue weighted by atomic mass is 16.5. The molecule has 0 radical (unpaired) electrons. The van der Waals surface area contributed by atoms with Gasteiger partial charge < -0.3 is 20.5 Å². The van der Waals surface area contributed by atoms with Gasteiger partial charge in [-0.25, -0.2) is 4.98 Å². The Kier molecular flexibility index (Phi) is 6.97. The van der Waals surface area contributed by atoms with Crippen LogP contribution >= 0.6 is 0 Å². The SMILES string of the molecule is COCCCC(N)C(=O)Nc1cccnc1OC(C)C. The number of rotatable bonds is 8. The summed E-state index contributed by atoms with van der Waals surface area (Å²) in [6, 6.07) is 2.90. The summed E-state index contributed by atoms with van der Waals surface area (Å²) in [5, 5.41) is 2.75. The van der Waals surface area contributed by atoms with Crippen molar-refractivity contribution in [2.75, 3.05) is 19.0 Å². The number of anilines is 1. The van der Waals surface area contributed by atoms with Crippen LogP contribution in [0.5, 0.6) is 5.88 Å². The molecule has 0 spiro atoms. The molecule has 0 saturated carbocycles. The van der Waals surface area contributed by atoms with Crippen molar-refractivity contribution in [3.05, 3.63) is 18.3 Å². The summed E-state index contributed by atoms with van der Waals surface area (Å²) in [5.74, 6) is 0.155. The molecule has 112 valence electrons. The number of carbonyl (C=O) groups excluding carboxylic acids is 1. The predicted molar refractivity (Wildman–Crippen MR) is 77.7 cm³/mol. The predicted octanol–water partition coefficient (Wildman–Crippen LogP) is 1.56. The Morgan fingerprint density at radius 1 is 1.50 bits per heavy atom. The lowest BCUT2D eigenvalue weighted by Crippen LogP contribution is -2.36. The molecule has 0 aliphatic carbocycles. The Bertz CT molecular complexity index is 424. The maximum atomic E-state index is 12.0. The zero-order chi connectivity index (χ0) is 15.0. The van der Waals surface area contributed by atoms with Crippen LogP contribution < -0.4 is 15.8 Å². The van der Waals surface area contributed by atoms with E-state index < -0.39 is 6.04 Å². The molecule has 0 bridgehead atoms. The van der Waals surface area contributed by atoms with Gasteiger partial charge in [0, 0.05) is 19.9 Å². The van der Waals surface area contributed by atoms with Gasteiger partial charge in [-0.3, -0.25) is 4.79 Å². The number of amides is 1. The van der Waals surface area contributed by atoms with Crippen LogP contribution in [0.25, 0.3) is 0 Å². The number of ether oxygens (including phenoxy) is 2. The molecular weight excluding hydrogens is 258 g/mol. The molecule has 1 aromatic heterocycles. The largest absolute Gasteiger partial charge is 0.473 e. The molecule has 0 aromatic carbocycles. The molecule has 0 saturated heterocycles. The maximum Gasteiger partial charge on any atom is 0.241 e. The monoisotopic (exact) mass is 281 g/mol. The van der Waals surface area contributed by atoms with Crippen LogP contribution in [0.1, 0.15) is 26.7 Å². The van der Waals surface area contributed by atoms with Crippen molar-refractivity contribution in [2.24, 2.45) is 5.73 Å². The van der Waals surface area contributed by atoms with E-state index in [0.717, 1.165) is 6.42 Å². The molecule has 0 aliphatic heterocycles. The second-order valence-electron chi connectivity index (χ2n) is 4.75. The average molecular weight is 281 g/mol. The van der Waals surface area contributed by atoms with Gasteiger partial charge in [0.1, 0.15) is 5.69 Å². The van der Waals surface area contributed by atoms with Crippen LogP contribution in [0.2, 0.25) is 0 Å². The van der Waals surface area contributed by atoms with Gasteiger partial charge in [-0.05, 0) is 38.8 Å². The van der Waals surface area contributed by atoms with E-state index in [1.54, 1.807) is 25.4 Å². The summed E-state index contributed by atoms with van der Waals surface area (Å²) >= 11 is 0. The molecule has 1 heterocycles. The van der Waals surface area contributed by atoms with Crippen molar-refractivity contribution in [3.8, 4) is 5.88 Å². The van der Waals surface area contributed by atoms with Gasteiger partial charge in [0.25, 0.3) is 0 Å². The average Bonchev–Trinajstić information content (AvgIpc) is 2.40. The molecule has 1 amide bonds. The van der Waals surface area contributed by atoms with E-state index in [0.29, 0.717) is 24.6 Å². The van der Waals surface area contributed by atoms with Crippen LogP contribution in [0.3, 0.4) is 0 Å². The Labute approximate surface area is 119 Å². The first kappa shape index (κ1) is 16.4. The third-order valence-corrected chi connectivity index (χ3v) is 2.58. The van der Waals surface area contributed by atoms with Crippen LogP contribution in [0.4, 0.5) is 5.69 Å². The van der Waals surface area contributed by atoms with Crippen molar-refractivity contribution in [2.45, 2.75) is 38.8 Å². The molecule has 20 heavy (non-hydrogen) atoms. The minimum atomic E-state index is -0.572. The second kappa shape index (κ2) is 8.50. The highest BCUT2D eigenvalue weighted by Gasteiger charge is 2.16. The number of nitrogens with two attached hydrogens (primary N) is 1. The molecular formula is C14H23N3O3. The quantitative estimate of drug-likeness (QED) is 0.706. The van der Waals surface area contributed by atoms with Gasteiger partial charge in [-0.1, -0.05) is 0 Å². The number of nitrogens with one attached hydrogen (secondary N) is 1. The Morgan fingerprint density at radius 2 is 2.25 bits per heavy atom. The van der Waals surface area contributed by atoms with Crippen molar-refractivity contribution in [3.63, 3.8) is 0 Å². The zero-order valence-corrected chi connectivity index (χ0v) is 12.3. The van der Waals surface area contributed by atoms with Crippen LogP contribution in [0.15, 0.2) is 18.3 Å². The van der Waals surface area contributed by atoms with E-state index in [1.807, 2.05) is 13.8 Å². The van der Waals surface area contributed by atoms with Gasteiger partial charge in [-0.2, -0.15) is 0 Å². The first-order chi connectivity index (χ1) is 9.54. The first-order valence-corrected chi connectivity index (χ1v) is 6.71. The van der Waals surface area contributed by atoms with E-state index in [9.17, 15) is 4.79 Å². The van der Waals surface area contributed by atoms with Crippen LogP contribution in [-0.4, -0.2) is 36.8 Å². The molecule has 3 N–H and O–H groups in total. The van der Waals surface area contributed by atoms with E-state index in [1.165, 1.54) is 0 Å². The molecule has 1 aromatic rings. The molecule has 6 heteroatoms. The minimum absolute atomic E-state index is 0.0177. The fourth-order valence-electron chi connectivity index (χ4n) is 1.61. The van der Waals surface area contributed by atoms with E-state index in [2.05, 4.69) is 10.3 Å². The number of methoxy groups -OCH3 is 1. The lowest BCUT2D eigenvalue weighted by atomic mass is 10.1. The van der Waals surface area contributed by atoms with Gasteiger partial charge in [-0.15, -0.1) is 0 Å². The standard InChI is InChI=1S/C14H23N3O3/c1-10(2)20-14-12(7-4-8-16-14)17-13(18)11(15)6-5-9-19-3/h4,7-8,10-11H,5-6,9,15H2,1-3H3,(H,17,18). The molecule has 0 fully saturated rings. The molecule has 1 rings (SSSR count). The fourth-order valence-corrected chi connectivity index (χ4v) is 1.61. The lowest BCUT2D eigenvalue weighted by Gasteiger charge is -2.15. The number of carbonyl (C=O) groups is 1. The van der Waals surface area contributed by atoms with Gasteiger partial charge >= 0.3 is 0 Å². The van der Waals surface area contributed by atoms with E-state index in [4.69, 9.17) is 15.2 Å². The smallest absolute Gasteiger partial charge is 0.241 e. The number of nitrogens with zero attached hydrogens (tertiary/aromatic N) is 1. The van der Waals surface area contributed by atoms with Crippen molar-refractivity contribution < 1.29 is 14.3 Å². The number of hydrogen-bond donors (Lipinski definition) is 2. The van der Waals surface area contributed by atoms with Gasteiger partial charge in [0.05, 0.1) is 12.1 Å². The number of pyridine rings is 1. The van der Waals surface area contributed by atoms with Crippen LogP contribution in [-0.2, 0) is 9.53 Å². The van der Waals surface area contributed by atoms with Crippen LogP contribution in [0, 0.1) is 0 Å². The topological polar surface area (TPSA) is 86.5 Å². The number of aromatic nitrogens is 1. The van der Waals surface area contributed by atoms with E-state index in [-0.39, 0.29) is 12.0 Å². The van der Waals surface area contributed by atoms with Crippen molar-refractivity contribution in [1.29, 1.82) is 0 Å². The summed E-state index contributed by atoms with van der Waals surface area (Å²) in [4.78, 5) is 16.1. The summed E-state index contributed by atoms with van der Waals surface area (Å²) in [6.07, 6.45) is 2.91. The number of hydrogen-bond acceptors (Lipinski definition) is 5. The fraction of sp³-hybridized carbons (Fsp3) is 0.571. The third kappa shape index (κ3) is 5.54. The Morgan fingerprint density at radius 3 is 2.90 bits per heavy atom. The molecule has 0 aliphatic rings. The highest BCUT2D eigenvalue weighted by Crippen LogP contribution is 2.21. The molecule has 6 nitrogen and oxygen atoms in total. The summed E-state index contributed by atoms with van der Waals surface area (Å²) in [7, 11) is 1.62. The van der Waals surface area contributed by atoms with Crippen molar-refractivity contribution >= 4 is 11.6 Å². The zero-order valence-electron chi connectivity index (χ0n) is 12.3.